The standard InChI is InChI=1S/C38H43N5/c1-5-13-33-29(9-1)25-30-10-2-6-14-34(30)37(33)27-42-23-21-40-19-17-39-18-20-41-22-24-43-28-38-35-15-7-3-11-31(35)26-32-12-4-8-16-36(32)38/h1-16,25-26,39-43H,17-24,27-28H2. The summed E-state index contributed by atoms with van der Waals surface area (Å²) in [6, 6.07) is 39.4. The maximum atomic E-state index is 3.65. The van der Waals surface area contributed by atoms with Crippen molar-refractivity contribution >= 4 is 43.1 Å². The molecule has 6 aromatic carbocycles. The Bertz CT molecular complexity index is 1540. The van der Waals surface area contributed by atoms with Crippen LogP contribution in [-0.4, -0.2) is 52.4 Å². The summed E-state index contributed by atoms with van der Waals surface area (Å²) < 4.78 is 0. The van der Waals surface area contributed by atoms with Gasteiger partial charge in [0.2, 0.25) is 0 Å². The first-order valence-corrected chi connectivity index (χ1v) is 15.7. The van der Waals surface area contributed by atoms with E-state index >= 15 is 0 Å². The Hall–Kier alpha value is -3.84. The topological polar surface area (TPSA) is 60.1 Å². The van der Waals surface area contributed by atoms with Gasteiger partial charge in [-0.3, -0.25) is 0 Å². The fourth-order valence-corrected chi connectivity index (χ4v) is 6.11. The second-order valence-corrected chi connectivity index (χ2v) is 11.2. The van der Waals surface area contributed by atoms with E-state index in [2.05, 4.69) is 136 Å². The summed E-state index contributed by atoms with van der Waals surface area (Å²) in [5.41, 5.74) is 2.78. The monoisotopic (exact) mass is 569 g/mol. The van der Waals surface area contributed by atoms with E-state index in [1.807, 2.05) is 0 Å². The van der Waals surface area contributed by atoms with Crippen molar-refractivity contribution in [3.63, 3.8) is 0 Å². The highest BCUT2D eigenvalue weighted by Gasteiger charge is 2.08. The van der Waals surface area contributed by atoms with Crippen LogP contribution in [-0.2, 0) is 13.1 Å². The molecule has 5 N–H and O–H groups in total. The number of benzene rings is 6. The minimum absolute atomic E-state index is 0.876. The molecular formula is C38H43N5. The Kier molecular flexibility index (Phi) is 10.2. The second-order valence-electron chi connectivity index (χ2n) is 11.2. The average molecular weight is 570 g/mol. The van der Waals surface area contributed by atoms with Gasteiger partial charge in [-0.25, -0.2) is 0 Å². The molecule has 0 atom stereocenters. The van der Waals surface area contributed by atoms with Gasteiger partial charge in [-0.1, -0.05) is 97.1 Å². The Morgan fingerprint density at radius 3 is 0.860 bits per heavy atom. The molecule has 0 aliphatic heterocycles. The molecule has 5 heteroatoms. The lowest BCUT2D eigenvalue weighted by molar-refractivity contribution is 0.558. The third kappa shape index (κ3) is 7.39. The van der Waals surface area contributed by atoms with Crippen LogP contribution >= 0.6 is 0 Å². The predicted molar refractivity (Wildman–Crippen MR) is 185 cm³/mol. The van der Waals surface area contributed by atoms with Gasteiger partial charge < -0.3 is 26.6 Å². The van der Waals surface area contributed by atoms with Crippen LogP contribution in [0.15, 0.2) is 109 Å². The summed E-state index contributed by atoms with van der Waals surface area (Å²) >= 11 is 0. The maximum Gasteiger partial charge on any atom is 0.0218 e. The molecule has 0 bridgehead atoms. The van der Waals surface area contributed by atoms with Gasteiger partial charge in [-0.2, -0.15) is 0 Å². The molecule has 0 fully saturated rings. The van der Waals surface area contributed by atoms with Gasteiger partial charge in [0.05, 0.1) is 0 Å². The second kappa shape index (κ2) is 15.1. The molecule has 5 nitrogen and oxygen atoms in total. The van der Waals surface area contributed by atoms with Crippen LogP contribution in [0.3, 0.4) is 0 Å². The normalized spacial score (nSPS) is 11.7. The fraction of sp³-hybridized carbons (Fsp3) is 0.263. The van der Waals surface area contributed by atoms with Gasteiger partial charge in [-0.05, 0) is 66.3 Å². The number of fused-ring (bicyclic) bond motifs is 4. The van der Waals surface area contributed by atoms with Crippen molar-refractivity contribution in [2.75, 3.05) is 52.4 Å². The van der Waals surface area contributed by atoms with Crippen LogP contribution in [0.4, 0.5) is 0 Å². The highest BCUT2D eigenvalue weighted by atomic mass is 15.0. The van der Waals surface area contributed by atoms with E-state index in [0.29, 0.717) is 0 Å². The molecule has 6 aromatic rings. The van der Waals surface area contributed by atoms with E-state index < -0.39 is 0 Å². The summed E-state index contributed by atoms with van der Waals surface area (Å²) in [6.45, 7) is 9.45. The molecule has 0 unspecified atom stereocenters. The molecule has 0 amide bonds. The number of rotatable bonds is 16. The summed E-state index contributed by atoms with van der Waals surface area (Å²) in [4.78, 5) is 0. The van der Waals surface area contributed by atoms with Crippen LogP contribution in [0.1, 0.15) is 11.1 Å². The van der Waals surface area contributed by atoms with E-state index in [1.165, 1.54) is 54.2 Å². The van der Waals surface area contributed by atoms with Crippen molar-refractivity contribution in [2.24, 2.45) is 0 Å². The van der Waals surface area contributed by atoms with Crippen molar-refractivity contribution < 1.29 is 0 Å². The molecule has 0 spiro atoms. The van der Waals surface area contributed by atoms with Gasteiger partial charge in [0.1, 0.15) is 0 Å². The Morgan fingerprint density at radius 2 is 0.558 bits per heavy atom. The van der Waals surface area contributed by atoms with E-state index in [-0.39, 0.29) is 0 Å². The van der Waals surface area contributed by atoms with E-state index in [9.17, 15) is 0 Å². The summed E-state index contributed by atoms with van der Waals surface area (Å²) in [5.74, 6) is 0. The van der Waals surface area contributed by atoms with Gasteiger partial charge in [-0.15, -0.1) is 0 Å². The van der Waals surface area contributed by atoms with Crippen LogP contribution < -0.4 is 26.6 Å². The van der Waals surface area contributed by atoms with Crippen LogP contribution in [0, 0.1) is 0 Å². The molecule has 0 saturated carbocycles. The Morgan fingerprint density at radius 1 is 0.302 bits per heavy atom. The predicted octanol–water partition coefficient (Wildman–Crippen LogP) is 5.95. The molecule has 0 aliphatic rings. The maximum absolute atomic E-state index is 3.65. The lowest BCUT2D eigenvalue weighted by atomic mass is 9.97. The molecule has 0 aliphatic carbocycles. The zero-order chi connectivity index (χ0) is 29.1. The first-order chi connectivity index (χ1) is 21.4. The summed E-state index contributed by atoms with van der Waals surface area (Å²) in [6.07, 6.45) is 0. The highest BCUT2D eigenvalue weighted by molar-refractivity contribution is 6.03. The average Bonchev–Trinajstić information content (AvgIpc) is 3.05. The Labute approximate surface area is 255 Å². The van der Waals surface area contributed by atoms with Gasteiger partial charge >= 0.3 is 0 Å². The molecule has 43 heavy (non-hydrogen) atoms. The molecule has 220 valence electrons. The van der Waals surface area contributed by atoms with Crippen molar-refractivity contribution in [2.45, 2.75) is 13.1 Å². The van der Waals surface area contributed by atoms with Crippen molar-refractivity contribution in [1.29, 1.82) is 0 Å². The van der Waals surface area contributed by atoms with Gasteiger partial charge in [0, 0.05) is 65.4 Å². The first-order valence-electron chi connectivity index (χ1n) is 15.7. The van der Waals surface area contributed by atoms with Crippen molar-refractivity contribution in [1.82, 2.24) is 26.6 Å². The third-order valence-electron chi connectivity index (χ3n) is 8.28. The first kappa shape index (κ1) is 29.2. The van der Waals surface area contributed by atoms with E-state index in [4.69, 9.17) is 0 Å². The van der Waals surface area contributed by atoms with Crippen molar-refractivity contribution in [3.05, 3.63) is 120 Å². The number of nitrogens with one attached hydrogen (secondary N) is 5. The molecule has 0 aromatic heterocycles. The quantitative estimate of drug-likeness (QED) is 0.0737. The molecule has 0 radical (unpaired) electrons. The molecule has 0 saturated heterocycles. The largest absolute Gasteiger partial charge is 0.314 e. The fourth-order valence-electron chi connectivity index (χ4n) is 6.11. The lowest BCUT2D eigenvalue weighted by Crippen LogP contribution is -2.36. The summed E-state index contributed by atoms with van der Waals surface area (Å²) in [5, 5.41) is 28.5. The minimum Gasteiger partial charge on any atom is -0.314 e. The number of hydrogen-bond donors (Lipinski definition) is 5. The molecule has 6 rings (SSSR count). The SMILES string of the molecule is c1ccc2c(CNCCNCCNCCNCCNCc3c4ccccc4cc4ccccc34)c3ccccc3cc2c1. The minimum atomic E-state index is 0.876. The van der Waals surface area contributed by atoms with Crippen molar-refractivity contribution in [3.8, 4) is 0 Å². The van der Waals surface area contributed by atoms with E-state index in [1.54, 1.807) is 0 Å². The van der Waals surface area contributed by atoms with Crippen LogP contribution in [0.2, 0.25) is 0 Å². The zero-order valence-corrected chi connectivity index (χ0v) is 25.0. The molecular weight excluding hydrogens is 526 g/mol. The smallest absolute Gasteiger partial charge is 0.0218 e. The number of hydrogen-bond acceptors (Lipinski definition) is 5. The Balaban J connectivity index is 0.824. The molecule has 0 heterocycles. The summed E-state index contributed by atoms with van der Waals surface area (Å²) in [7, 11) is 0. The zero-order valence-electron chi connectivity index (χ0n) is 25.0. The highest BCUT2D eigenvalue weighted by Crippen LogP contribution is 2.29. The van der Waals surface area contributed by atoms with Gasteiger partial charge in [0.25, 0.3) is 0 Å². The van der Waals surface area contributed by atoms with E-state index in [0.717, 1.165) is 65.4 Å². The lowest BCUT2D eigenvalue weighted by Gasteiger charge is -2.13. The van der Waals surface area contributed by atoms with Crippen LogP contribution in [0.5, 0.6) is 0 Å². The third-order valence-corrected chi connectivity index (χ3v) is 8.28. The van der Waals surface area contributed by atoms with Gasteiger partial charge in [0.15, 0.2) is 0 Å². The van der Waals surface area contributed by atoms with Crippen LogP contribution in [0.25, 0.3) is 43.1 Å².